The van der Waals surface area contributed by atoms with E-state index in [2.05, 4.69) is 28.7 Å². The highest BCUT2D eigenvalue weighted by molar-refractivity contribution is 5.68. The van der Waals surface area contributed by atoms with E-state index in [4.69, 9.17) is 5.73 Å². The van der Waals surface area contributed by atoms with Crippen LogP contribution < -0.4 is 10.6 Å². The van der Waals surface area contributed by atoms with Crippen LogP contribution in [-0.4, -0.2) is 52.0 Å². The summed E-state index contributed by atoms with van der Waals surface area (Å²) in [6.45, 7) is 7.52. The lowest BCUT2D eigenvalue weighted by molar-refractivity contribution is -0.383. The van der Waals surface area contributed by atoms with Crippen LogP contribution in [0.15, 0.2) is 6.33 Å². The molecule has 0 aromatic carbocycles. The first-order valence-corrected chi connectivity index (χ1v) is 6.78. The quantitative estimate of drug-likeness (QED) is 0.645. The van der Waals surface area contributed by atoms with Gasteiger partial charge in [0.25, 0.3) is 0 Å². The molecular weight excluding hydrogens is 260 g/mol. The molecule has 1 aromatic heterocycles. The molecule has 0 amide bonds. The molecule has 110 valence electrons. The van der Waals surface area contributed by atoms with Gasteiger partial charge in [-0.2, -0.15) is 0 Å². The van der Waals surface area contributed by atoms with Gasteiger partial charge in [-0.1, -0.05) is 6.92 Å². The summed E-state index contributed by atoms with van der Waals surface area (Å²) >= 11 is 0. The van der Waals surface area contributed by atoms with Crippen LogP contribution in [0.2, 0.25) is 0 Å². The average molecular weight is 280 g/mol. The van der Waals surface area contributed by atoms with Gasteiger partial charge < -0.3 is 10.6 Å². The van der Waals surface area contributed by atoms with Gasteiger partial charge in [0.05, 0.1) is 4.92 Å². The summed E-state index contributed by atoms with van der Waals surface area (Å²) in [6, 6.07) is 0.530. The molecule has 0 spiro atoms. The topological polar surface area (TPSA) is 101 Å². The van der Waals surface area contributed by atoms with Crippen LogP contribution in [0.3, 0.4) is 0 Å². The Morgan fingerprint density at radius 1 is 1.40 bits per heavy atom. The van der Waals surface area contributed by atoms with Crippen LogP contribution in [0.25, 0.3) is 0 Å². The SMILES string of the molecule is CCC(C)N1CCN(c2ncnc(N)c2[N+](=O)[O-])CC1. The van der Waals surface area contributed by atoms with Crippen molar-refractivity contribution in [3.05, 3.63) is 16.4 Å². The normalized spacial score (nSPS) is 18.0. The molecule has 0 bridgehead atoms. The number of nitrogens with two attached hydrogens (primary N) is 1. The first-order chi connectivity index (χ1) is 9.54. The number of nitrogens with zero attached hydrogens (tertiary/aromatic N) is 5. The van der Waals surface area contributed by atoms with Crippen molar-refractivity contribution in [2.24, 2.45) is 0 Å². The Morgan fingerprint density at radius 3 is 2.60 bits per heavy atom. The predicted octanol–water partition coefficient (Wildman–Crippen LogP) is 0.888. The van der Waals surface area contributed by atoms with E-state index in [1.165, 1.54) is 6.33 Å². The Morgan fingerprint density at radius 2 is 2.05 bits per heavy atom. The molecule has 1 aliphatic heterocycles. The van der Waals surface area contributed by atoms with E-state index >= 15 is 0 Å². The third kappa shape index (κ3) is 2.79. The molecule has 1 aromatic rings. The van der Waals surface area contributed by atoms with E-state index < -0.39 is 4.92 Å². The van der Waals surface area contributed by atoms with Crippen LogP contribution in [-0.2, 0) is 0 Å². The molecule has 1 saturated heterocycles. The fourth-order valence-electron chi connectivity index (χ4n) is 2.42. The van der Waals surface area contributed by atoms with Gasteiger partial charge in [0.15, 0.2) is 0 Å². The van der Waals surface area contributed by atoms with Crippen molar-refractivity contribution >= 4 is 17.3 Å². The lowest BCUT2D eigenvalue weighted by Crippen LogP contribution is -2.49. The molecule has 1 aliphatic rings. The number of hydrogen-bond donors (Lipinski definition) is 1. The highest BCUT2D eigenvalue weighted by Crippen LogP contribution is 2.30. The summed E-state index contributed by atoms with van der Waals surface area (Å²) in [4.78, 5) is 22.6. The largest absolute Gasteiger partial charge is 0.378 e. The number of anilines is 2. The van der Waals surface area contributed by atoms with Crippen molar-refractivity contribution in [1.82, 2.24) is 14.9 Å². The summed E-state index contributed by atoms with van der Waals surface area (Å²) in [6.07, 6.45) is 2.37. The van der Waals surface area contributed by atoms with Gasteiger partial charge in [0.1, 0.15) is 6.33 Å². The zero-order chi connectivity index (χ0) is 14.7. The van der Waals surface area contributed by atoms with E-state index in [1.807, 2.05) is 4.90 Å². The number of hydrogen-bond acceptors (Lipinski definition) is 7. The molecule has 0 radical (unpaired) electrons. The Balaban J connectivity index is 2.15. The van der Waals surface area contributed by atoms with Crippen molar-refractivity contribution in [1.29, 1.82) is 0 Å². The van der Waals surface area contributed by atoms with Crippen LogP contribution in [0.5, 0.6) is 0 Å². The third-order valence-electron chi connectivity index (χ3n) is 3.84. The molecule has 2 N–H and O–H groups in total. The van der Waals surface area contributed by atoms with E-state index in [1.54, 1.807) is 0 Å². The number of nitro groups is 1. The molecule has 1 fully saturated rings. The highest BCUT2D eigenvalue weighted by Gasteiger charge is 2.28. The fourth-order valence-corrected chi connectivity index (χ4v) is 2.42. The fraction of sp³-hybridized carbons (Fsp3) is 0.667. The molecule has 0 saturated carbocycles. The molecule has 2 rings (SSSR count). The Labute approximate surface area is 117 Å². The maximum atomic E-state index is 11.1. The Kier molecular flexibility index (Phi) is 4.33. The number of piperazine rings is 1. The van der Waals surface area contributed by atoms with Gasteiger partial charge in [0, 0.05) is 32.2 Å². The molecule has 20 heavy (non-hydrogen) atoms. The van der Waals surface area contributed by atoms with E-state index in [0.717, 1.165) is 19.5 Å². The molecule has 8 heteroatoms. The van der Waals surface area contributed by atoms with Gasteiger partial charge in [-0.05, 0) is 13.3 Å². The summed E-state index contributed by atoms with van der Waals surface area (Å²) < 4.78 is 0. The van der Waals surface area contributed by atoms with Crippen LogP contribution in [0.1, 0.15) is 20.3 Å². The second-order valence-electron chi connectivity index (χ2n) is 4.97. The van der Waals surface area contributed by atoms with Gasteiger partial charge in [-0.25, -0.2) is 9.97 Å². The average Bonchev–Trinajstić information content (AvgIpc) is 2.46. The number of rotatable bonds is 4. The van der Waals surface area contributed by atoms with Crippen molar-refractivity contribution in [3.63, 3.8) is 0 Å². The first-order valence-electron chi connectivity index (χ1n) is 6.78. The van der Waals surface area contributed by atoms with E-state index in [0.29, 0.717) is 24.9 Å². The Bertz CT molecular complexity index is 487. The molecular formula is C12H20N6O2. The lowest BCUT2D eigenvalue weighted by Gasteiger charge is -2.38. The van der Waals surface area contributed by atoms with Crippen LogP contribution in [0.4, 0.5) is 17.3 Å². The summed E-state index contributed by atoms with van der Waals surface area (Å²) in [7, 11) is 0. The summed E-state index contributed by atoms with van der Waals surface area (Å²) in [5.41, 5.74) is 5.41. The standard InChI is InChI=1S/C12H20N6O2/c1-3-9(2)16-4-6-17(7-5-16)12-10(18(19)20)11(13)14-8-15-12/h8-9H,3-7H2,1-2H3,(H2,13,14,15). The molecule has 0 aliphatic carbocycles. The zero-order valence-corrected chi connectivity index (χ0v) is 11.8. The summed E-state index contributed by atoms with van der Waals surface area (Å²) in [5, 5.41) is 11.1. The number of nitrogen functional groups attached to an aromatic ring is 1. The molecule has 1 atom stereocenters. The molecule has 2 heterocycles. The van der Waals surface area contributed by atoms with E-state index in [-0.39, 0.29) is 11.5 Å². The van der Waals surface area contributed by atoms with Crippen LogP contribution in [0, 0.1) is 10.1 Å². The van der Waals surface area contributed by atoms with Crippen molar-refractivity contribution in [2.75, 3.05) is 36.8 Å². The smallest absolute Gasteiger partial charge is 0.353 e. The zero-order valence-electron chi connectivity index (χ0n) is 11.8. The van der Waals surface area contributed by atoms with Crippen molar-refractivity contribution < 1.29 is 4.92 Å². The second kappa shape index (κ2) is 6.00. The minimum Gasteiger partial charge on any atom is -0.378 e. The third-order valence-corrected chi connectivity index (χ3v) is 3.84. The van der Waals surface area contributed by atoms with Crippen LogP contribution >= 0.6 is 0 Å². The highest BCUT2D eigenvalue weighted by atomic mass is 16.6. The monoisotopic (exact) mass is 280 g/mol. The van der Waals surface area contributed by atoms with Gasteiger partial charge >= 0.3 is 5.69 Å². The van der Waals surface area contributed by atoms with E-state index in [9.17, 15) is 10.1 Å². The molecule has 8 nitrogen and oxygen atoms in total. The maximum Gasteiger partial charge on any atom is 0.353 e. The molecule has 1 unspecified atom stereocenters. The van der Waals surface area contributed by atoms with Gasteiger partial charge in [-0.3, -0.25) is 15.0 Å². The van der Waals surface area contributed by atoms with Crippen molar-refractivity contribution in [3.8, 4) is 0 Å². The summed E-state index contributed by atoms with van der Waals surface area (Å²) in [5.74, 6) is 0.246. The Hall–Kier alpha value is -1.96. The van der Waals surface area contributed by atoms with Gasteiger partial charge in [0.2, 0.25) is 11.6 Å². The number of aromatic nitrogens is 2. The lowest BCUT2D eigenvalue weighted by atomic mass is 10.2. The minimum atomic E-state index is -0.508. The maximum absolute atomic E-state index is 11.1. The van der Waals surface area contributed by atoms with Crippen molar-refractivity contribution in [2.45, 2.75) is 26.3 Å². The predicted molar refractivity (Wildman–Crippen MR) is 76.6 cm³/mol. The second-order valence-corrected chi connectivity index (χ2v) is 4.97. The first kappa shape index (κ1) is 14.4. The minimum absolute atomic E-state index is 0.0793. The van der Waals surface area contributed by atoms with Gasteiger partial charge in [-0.15, -0.1) is 0 Å².